The van der Waals surface area contributed by atoms with Gasteiger partial charge in [-0.3, -0.25) is 4.79 Å². The van der Waals surface area contributed by atoms with Gasteiger partial charge in [0, 0.05) is 24.5 Å². The van der Waals surface area contributed by atoms with Crippen LogP contribution in [0.3, 0.4) is 0 Å². The number of carbonyl (C=O) groups is 1. The fourth-order valence-electron chi connectivity index (χ4n) is 5.97. The van der Waals surface area contributed by atoms with E-state index in [0.29, 0.717) is 12.6 Å². The van der Waals surface area contributed by atoms with E-state index >= 15 is 0 Å². The summed E-state index contributed by atoms with van der Waals surface area (Å²) in [6, 6.07) is 11.1. The molecule has 1 aliphatic heterocycles. The van der Waals surface area contributed by atoms with Gasteiger partial charge < -0.3 is 9.47 Å². The molecule has 29 heavy (non-hydrogen) atoms. The Hall–Kier alpha value is -2.14. The molecule has 0 unspecified atom stereocenters. The lowest BCUT2D eigenvalue weighted by Gasteiger charge is -2.39. The van der Waals surface area contributed by atoms with E-state index in [-0.39, 0.29) is 22.6 Å². The van der Waals surface area contributed by atoms with Crippen molar-refractivity contribution in [3.05, 3.63) is 58.9 Å². The molecule has 3 aromatic rings. The number of likely N-dealkylation sites (tertiary alicyclic amines) is 1. The van der Waals surface area contributed by atoms with E-state index in [9.17, 15) is 9.18 Å². The van der Waals surface area contributed by atoms with Crippen molar-refractivity contribution in [2.75, 3.05) is 6.54 Å². The van der Waals surface area contributed by atoms with Crippen molar-refractivity contribution in [2.45, 2.75) is 52.6 Å². The van der Waals surface area contributed by atoms with E-state index in [4.69, 9.17) is 0 Å². The lowest BCUT2D eigenvalue weighted by Crippen LogP contribution is -2.38. The van der Waals surface area contributed by atoms with Crippen LogP contribution in [0.1, 0.15) is 56.1 Å². The highest BCUT2D eigenvalue weighted by molar-refractivity contribution is 7.16. The molecule has 1 aliphatic carbocycles. The van der Waals surface area contributed by atoms with Crippen molar-refractivity contribution in [1.29, 1.82) is 0 Å². The van der Waals surface area contributed by atoms with Crippen LogP contribution in [0.4, 0.5) is 4.39 Å². The van der Waals surface area contributed by atoms with Gasteiger partial charge in [-0.05, 0) is 65.3 Å². The summed E-state index contributed by atoms with van der Waals surface area (Å²) in [6.45, 7) is 8.32. The second kappa shape index (κ2) is 6.43. The summed E-state index contributed by atoms with van der Waals surface area (Å²) in [5, 5.41) is 3.14. The van der Waals surface area contributed by atoms with Crippen LogP contribution in [-0.4, -0.2) is 28.0 Å². The van der Waals surface area contributed by atoms with Crippen LogP contribution in [-0.2, 0) is 6.54 Å². The number of aromatic nitrogens is 1. The van der Waals surface area contributed by atoms with Crippen molar-refractivity contribution in [3.8, 4) is 0 Å². The molecule has 0 spiro atoms. The summed E-state index contributed by atoms with van der Waals surface area (Å²) in [5.41, 5.74) is 2.08. The van der Waals surface area contributed by atoms with Gasteiger partial charge in [0.15, 0.2) is 0 Å². The second-order valence-electron chi connectivity index (χ2n) is 10.1. The molecule has 5 heteroatoms. The third-order valence-electron chi connectivity index (χ3n) is 6.63. The average Bonchev–Trinajstić information content (AvgIpc) is 3.26. The zero-order valence-corrected chi connectivity index (χ0v) is 18.1. The first-order chi connectivity index (χ1) is 13.7. The maximum Gasteiger partial charge on any atom is 0.270 e. The molecule has 2 atom stereocenters. The summed E-state index contributed by atoms with van der Waals surface area (Å²) in [5.74, 6) is -0.121. The van der Waals surface area contributed by atoms with E-state index in [0.717, 1.165) is 40.9 Å². The van der Waals surface area contributed by atoms with Crippen LogP contribution in [0, 0.1) is 16.6 Å². The molecule has 1 aromatic carbocycles. The highest BCUT2D eigenvalue weighted by Gasteiger charge is 2.51. The third-order valence-corrected chi connectivity index (χ3v) is 7.58. The number of halogens is 1. The van der Waals surface area contributed by atoms with Gasteiger partial charge in [-0.1, -0.05) is 32.9 Å². The van der Waals surface area contributed by atoms with Crippen molar-refractivity contribution >= 4 is 27.5 Å². The number of hydrogen-bond donors (Lipinski definition) is 0. The van der Waals surface area contributed by atoms with Crippen molar-refractivity contribution in [1.82, 2.24) is 9.47 Å². The van der Waals surface area contributed by atoms with Gasteiger partial charge >= 0.3 is 0 Å². The fraction of sp³-hybridized carbons (Fsp3) is 0.458. The Morgan fingerprint density at radius 3 is 2.83 bits per heavy atom. The van der Waals surface area contributed by atoms with Crippen molar-refractivity contribution < 1.29 is 9.18 Å². The Kier molecular flexibility index (Phi) is 4.18. The minimum Gasteiger partial charge on any atom is -0.334 e. The van der Waals surface area contributed by atoms with Crippen LogP contribution < -0.4 is 0 Å². The zero-order chi connectivity index (χ0) is 20.4. The summed E-state index contributed by atoms with van der Waals surface area (Å²) in [7, 11) is 0. The predicted molar refractivity (Wildman–Crippen MR) is 116 cm³/mol. The van der Waals surface area contributed by atoms with E-state index in [1.807, 2.05) is 17.5 Å². The molecule has 152 valence electrons. The highest BCUT2D eigenvalue weighted by Crippen LogP contribution is 2.52. The molecule has 5 rings (SSSR count). The number of amides is 1. The number of benzene rings is 1. The lowest BCUT2D eigenvalue weighted by atomic mass is 9.65. The van der Waals surface area contributed by atoms with Gasteiger partial charge in [0.25, 0.3) is 5.91 Å². The lowest BCUT2D eigenvalue weighted by molar-refractivity contribution is 0.0698. The molecule has 2 aliphatic rings. The maximum atomic E-state index is 13.7. The van der Waals surface area contributed by atoms with E-state index in [1.54, 1.807) is 23.5 Å². The number of rotatable bonds is 3. The quantitative estimate of drug-likeness (QED) is 0.525. The van der Waals surface area contributed by atoms with E-state index in [2.05, 4.69) is 36.3 Å². The maximum absolute atomic E-state index is 13.7. The van der Waals surface area contributed by atoms with Crippen LogP contribution in [0.15, 0.2) is 41.8 Å². The van der Waals surface area contributed by atoms with E-state index < -0.39 is 0 Å². The highest BCUT2D eigenvalue weighted by atomic mass is 32.1. The molecular formula is C24H27FN2OS. The zero-order valence-electron chi connectivity index (χ0n) is 17.2. The molecule has 0 N–H and O–H groups in total. The number of nitrogens with zero attached hydrogens (tertiary/aromatic N) is 2. The van der Waals surface area contributed by atoms with Crippen molar-refractivity contribution in [3.63, 3.8) is 0 Å². The second-order valence-corrected chi connectivity index (χ2v) is 11.0. The van der Waals surface area contributed by atoms with Crippen molar-refractivity contribution in [2.24, 2.45) is 10.8 Å². The smallest absolute Gasteiger partial charge is 0.270 e. The molecule has 1 saturated carbocycles. The standard InChI is InChI=1S/C24H27FN2OS/c1-23(2)11-19-12-24(3,14-23)15-27(19)21(28)20-10-17-7-8-29-22(17)26(20)13-16-5-4-6-18(25)9-16/h4-10,19H,11-15H2,1-3H3/t19-,24-/m1/s1. The van der Waals surface area contributed by atoms with Gasteiger partial charge in [0.05, 0.1) is 0 Å². The normalized spacial score (nSPS) is 25.7. The molecular weight excluding hydrogens is 383 g/mol. The van der Waals surface area contributed by atoms with Gasteiger partial charge in [-0.2, -0.15) is 0 Å². The minimum atomic E-state index is -0.242. The molecule has 2 fully saturated rings. The molecule has 1 amide bonds. The largest absolute Gasteiger partial charge is 0.334 e. The number of hydrogen-bond acceptors (Lipinski definition) is 2. The average molecular weight is 411 g/mol. The van der Waals surface area contributed by atoms with E-state index in [1.165, 1.54) is 12.5 Å². The number of carbonyl (C=O) groups excluding carboxylic acids is 1. The first kappa shape index (κ1) is 18.9. The molecule has 2 aromatic heterocycles. The van der Waals surface area contributed by atoms with Crippen LogP contribution in [0.2, 0.25) is 0 Å². The monoisotopic (exact) mass is 410 g/mol. The van der Waals surface area contributed by atoms with Gasteiger partial charge in [0.1, 0.15) is 16.3 Å². The van der Waals surface area contributed by atoms with Crippen LogP contribution >= 0.6 is 11.3 Å². The molecule has 1 saturated heterocycles. The predicted octanol–water partition coefficient (Wildman–Crippen LogP) is 5.93. The molecule has 0 radical (unpaired) electrons. The summed E-state index contributed by atoms with van der Waals surface area (Å²) < 4.78 is 15.8. The summed E-state index contributed by atoms with van der Waals surface area (Å²) in [6.07, 6.45) is 3.33. The van der Waals surface area contributed by atoms with Gasteiger partial charge in [0.2, 0.25) is 0 Å². The summed E-state index contributed by atoms with van der Waals surface area (Å²) in [4.78, 5) is 16.9. The Bertz CT molecular complexity index is 1100. The Morgan fingerprint density at radius 2 is 2.03 bits per heavy atom. The fourth-order valence-corrected chi connectivity index (χ4v) is 6.87. The number of fused-ring (bicyclic) bond motifs is 3. The first-order valence-electron chi connectivity index (χ1n) is 10.4. The van der Waals surface area contributed by atoms with Crippen LogP contribution in [0.5, 0.6) is 0 Å². The van der Waals surface area contributed by atoms with Gasteiger partial charge in [-0.25, -0.2) is 4.39 Å². The minimum absolute atomic E-state index is 0.122. The topological polar surface area (TPSA) is 25.2 Å². The Labute approximate surface area is 175 Å². The number of thiophene rings is 1. The Morgan fingerprint density at radius 1 is 1.21 bits per heavy atom. The summed E-state index contributed by atoms with van der Waals surface area (Å²) >= 11 is 1.64. The SMILES string of the molecule is CC1(C)C[C@@H]2C[C@@](C)(CN2C(=O)c2cc3ccsc3n2Cc2cccc(F)c2)C1. The molecule has 2 bridgehead atoms. The van der Waals surface area contributed by atoms with Crippen LogP contribution in [0.25, 0.3) is 10.2 Å². The van der Waals surface area contributed by atoms with Gasteiger partial charge in [-0.15, -0.1) is 11.3 Å². The third kappa shape index (κ3) is 3.29. The molecule has 3 heterocycles. The first-order valence-corrected chi connectivity index (χ1v) is 11.2. The molecule has 3 nitrogen and oxygen atoms in total. The Balaban J connectivity index is 1.52.